The summed E-state index contributed by atoms with van der Waals surface area (Å²) in [7, 11) is 0. The first-order valence-corrected chi connectivity index (χ1v) is 3.38. The fraction of sp³-hybridized carbons (Fsp3) is 1.00. The molecule has 0 aliphatic carbocycles. The van der Waals surface area contributed by atoms with Gasteiger partial charge in [-0.15, -0.1) is 0 Å². The molecule has 1 aliphatic rings. The van der Waals surface area contributed by atoms with Crippen LogP contribution in [0.25, 0.3) is 0 Å². The van der Waals surface area contributed by atoms with E-state index in [1.54, 1.807) is 0 Å². The van der Waals surface area contributed by atoms with E-state index in [-0.39, 0.29) is 6.04 Å². The van der Waals surface area contributed by atoms with Gasteiger partial charge in [0.05, 0.1) is 6.61 Å². The predicted octanol–water partition coefficient (Wildman–Crippen LogP) is -0.691. The lowest BCUT2D eigenvalue weighted by molar-refractivity contribution is 0.181. The molecule has 0 spiro atoms. The molecule has 3 heteroatoms. The van der Waals surface area contributed by atoms with Crippen LogP contribution < -0.4 is 11.5 Å². The molecule has 2 atom stereocenters. The monoisotopic (exact) mass is 130 g/mol. The molecule has 1 heterocycles. The van der Waals surface area contributed by atoms with Crippen LogP contribution in [0.5, 0.6) is 0 Å². The first-order chi connectivity index (χ1) is 4.34. The van der Waals surface area contributed by atoms with Crippen LogP contribution in [0.3, 0.4) is 0 Å². The fourth-order valence-corrected chi connectivity index (χ4v) is 1.08. The van der Waals surface area contributed by atoms with Crippen molar-refractivity contribution in [2.24, 2.45) is 17.4 Å². The normalized spacial score (nSPS) is 30.7. The standard InChI is InChI=1S/C6H14N2O/c7-3-6(8)5-1-2-9-4-5/h5-6H,1-4,7-8H2/t5-,6?/m1/s1. The smallest absolute Gasteiger partial charge is 0.0510 e. The Morgan fingerprint density at radius 2 is 2.44 bits per heavy atom. The van der Waals surface area contributed by atoms with Gasteiger partial charge in [0.2, 0.25) is 0 Å². The second-order valence-corrected chi connectivity index (χ2v) is 2.52. The maximum atomic E-state index is 5.67. The van der Waals surface area contributed by atoms with E-state index in [4.69, 9.17) is 16.2 Å². The molecule has 0 saturated carbocycles. The molecule has 9 heavy (non-hydrogen) atoms. The van der Waals surface area contributed by atoms with Gasteiger partial charge in [-0.05, 0) is 6.42 Å². The van der Waals surface area contributed by atoms with Crippen LogP contribution in [-0.4, -0.2) is 25.8 Å². The van der Waals surface area contributed by atoms with E-state index in [1.165, 1.54) is 0 Å². The summed E-state index contributed by atoms with van der Waals surface area (Å²) in [5, 5.41) is 0. The summed E-state index contributed by atoms with van der Waals surface area (Å²) in [5.74, 6) is 0.509. The highest BCUT2D eigenvalue weighted by atomic mass is 16.5. The van der Waals surface area contributed by atoms with E-state index in [9.17, 15) is 0 Å². The van der Waals surface area contributed by atoms with Crippen LogP contribution in [0.2, 0.25) is 0 Å². The molecule has 1 unspecified atom stereocenters. The molecule has 0 radical (unpaired) electrons. The van der Waals surface area contributed by atoms with E-state index < -0.39 is 0 Å². The zero-order valence-electron chi connectivity index (χ0n) is 5.55. The summed E-state index contributed by atoms with van der Waals surface area (Å²) in [6.07, 6.45) is 1.08. The number of ether oxygens (including phenoxy) is 1. The SMILES string of the molecule is NCC(N)[C@@H]1CCOC1. The number of rotatable bonds is 2. The largest absolute Gasteiger partial charge is 0.381 e. The molecule has 1 rings (SSSR count). The van der Waals surface area contributed by atoms with Crippen LogP contribution in [0.4, 0.5) is 0 Å². The minimum absolute atomic E-state index is 0.146. The highest BCUT2D eigenvalue weighted by molar-refractivity contribution is 4.76. The molecule has 3 nitrogen and oxygen atoms in total. The maximum Gasteiger partial charge on any atom is 0.0510 e. The second kappa shape index (κ2) is 3.15. The van der Waals surface area contributed by atoms with Crippen molar-refractivity contribution in [3.8, 4) is 0 Å². The van der Waals surface area contributed by atoms with Gasteiger partial charge in [-0.2, -0.15) is 0 Å². The summed E-state index contributed by atoms with van der Waals surface area (Å²) in [4.78, 5) is 0. The molecule has 0 aromatic rings. The topological polar surface area (TPSA) is 61.3 Å². The van der Waals surface area contributed by atoms with Gasteiger partial charge < -0.3 is 16.2 Å². The highest BCUT2D eigenvalue weighted by Gasteiger charge is 2.20. The Bertz CT molecular complexity index is 81.1. The van der Waals surface area contributed by atoms with Gasteiger partial charge >= 0.3 is 0 Å². The second-order valence-electron chi connectivity index (χ2n) is 2.52. The van der Waals surface area contributed by atoms with E-state index in [0.717, 1.165) is 19.6 Å². The van der Waals surface area contributed by atoms with Crippen molar-refractivity contribution in [3.63, 3.8) is 0 Å². The van der Waals surface area contributed by atoms with Gasteiger partial charge in [0.1, 0.15) is 0 Å². The Labute approximate surface area is 55.4 Å². The number of hydrogen-bond acceptors (Lipinski definition) is 3. The minimum Gasteiger partial charge on any atom is -0.381 e. The van der Waals surface area contributed by atoms with E-state index in [2.05, 4.69) is 0 Å². The molecule has 4 N–H and O–H groups in total. The van der Waals surface area contributed by atoms with Crippen molar-refractivity contribution in [2.45, 2.75) is 12.5 Å². The third-order valence-corrected chi connectivity index (χ3v) is 1.84. The molecule has 0 amide bonds. The molecule has 0 bridgehead atoms. The quantitative estimate of drug-likeness (QED) is 0.520. The molecular weight excluding hydrogens is 116 g/mol. The lowest BCUT2D eigenvalue weighted by Crippen LogP contribution is -2.37. The van der Waals surface area contributed by atoms with Crippen LogP contribution in [0.15, 0.2) is 0 Å². The summed E-state index contributed by atoms with van der Waals surface area (Å²) in [6, 6.07) is 0.146. The average Bonchev–Trinajstić information content (AvgIpc) is 2.37. The lowest BCUT2D eigenvalue weighted by atomic mass is 10.0. The Morgan fingerprint density at radius 3 is 2.89 bits per heavy atom. The minimum atomic E-state index is 0.146. The van der Waals surface area contributed by atoms with Crippen LogP contribution >= 0.6 is 0 Å². The summed E-state index contributed by atoms with van der Waals surface area (Å²) in [6.45, 7) is 2.24. The van der Waals surface area contributed by atoms with Gasteiger partial charge in [0.25, 0.3) is 0 Å². The van der Waals surface area contributed by atoms with E-state index in [1.807, 2.05) is 0 Å². The number of nitrogens with two attached hydrogens (primary N) is 2. The first-order valence-electron chi connectivity index (χ1n) is 3.38. The zero-order chi connectivity index (χ0) is 6.69. The van der Waals surface area contributed by atoms with E-state index in [0.29, 0.717) is 12.5 Å². The molecule has 1 fully saturated rings. The van der Waals surface area contributed by atoms with Crippen LogP contribution in [0.1, 0.15) is 6.42 Å². The van der Waals surface area contributed by atoms with Crippen LogP contribution in [0, 0.1) is 5.92 Å². The van der Waals surface area contributed by atoms with Crippen molar-refractivity contribution in [2.75, 3.05) is 19.8 Å². The highest BCUT2D eigenvalue weighted by Crippen LogP contribution is 2.13. The van der Waals surface area contributed by atoms with Gasteiger partial charge in [0, 0.05) is 25.1 Å². The molecule has 54 valence electrons. The van der Waals surface area contributed by atoms with Crippen molar-refractivity contribution in [1.82, 2.24) is 0 Å². The lowest BCUT2D eigenvalue weighted by Gasteiger charge is -2.13. The molecule has 0 aromatic carbocycles. The Hall–Kier alpha value is -0.120. The maximum absolute atomic E-state index is 5.67. The van der Waals surface area contributed by atoms with Crippen molar-refractivity contribution < 1.29 is 4.74 Å². The average molecular weight is 130 g/mol. The van der Waals surface area contributed by atoms with Crippen molar-refractivity contribution >= 4 is 0 Å². The molecule has 1 saturated heterocycles. The molecular formula is C6H14N2O. The van der Waals surface area contributed by atoms with Gasteiger partial charge in [0.15, 0.2) is 0 Å². The van der Waals surface area contributed by atoms with Gasteiger partial charge in [-0.1, -0.05) is 0 Å². The van der Waals surface area contributed by atoms with Crippen molar-refractivity contribution in [3.05, 3.63) is 0 Å². The number of hydrogen-bond donors (Lipinski definition) is 2. The third-order valence-electron chi connectivity index (χ3n) is 1.84. The van der Waals surface area contributed by atoms with Gasteiger partial charge in [-0.25, -0.2) is 0 Å². The molecule has 0 aromatic heterocycles. The Balaban J connectivity index is 2.24. The first kappa shape index (κ1) is 6.99. The predicted molar refractivity (Wildman–Crippen MR) is 36.0 cm³/mol. The Kier molecular flexibility index (Phi) is 2.45. The van der Waals surface area contributed by atoms with Gasteiger partial charge in [-0.3, -0.25) is 0 Å². The van der Waals surface area contributed by atoms with Crippen LogP contribution in [-0.2, 0) is 4.74 Å². The summed E-state index contributed by atoms with van der Waals surface area (Å²) >= 11 is 0. The summed E-state index contributed by atoms with van der Waals surface area (Å²) < 4.78 is 5.14. The summed E-state index contributed by atoms with van der Waals surface area (Å²) in [5.41, 5.74) is 11.0. The Morgan fingerprint density at radius 1 is 1.67 bits per heavy atom. The molecule has 1 aliphatic heterocycles. The van der Waals surface area contributed by atoms with E-state index >= 15 is 0 Å². The van der Waals surface area contributed by atoms with Crippen molar-refractivity contribution in [1.29, 1.82) is 0 Å². The third kappa shape index (κ3) is 1.64. The zero-order valence-corrected chi connectivity index (χ0v) is 5.55. The fourth-order valence-electron chi connectivity index (χ4n) is 1.08.